The maximum atomic E-state index is 6.14. The molecule has 1 nitrogen and oxygen atoms in total. The van der Waals surface area contributed by atoms with Crippen LogP contribution in [0, 0.1) is 6.92 Å². The highest BCUT2D eigenvalue weighted by atomic mass is 35.5. The lowest BCUT2D eigenvalue weighted by Crippen LogP contribution is -2.27. The molecule has 2 rings (SSSR count). The molecule has 1 fully saturated rings. The molecule has 82 valence electrons. The number of nitrogens with one attached hydrogen (secondary N) is 1. The molecule has 0 radical (unpaired) electrons. The van der Waals surface area contributed by atoms with Crippen molar-refractivity contribution in [2.24, 2.45) is 0 Å². The van der Waals surface area contributed by atoms with Crippen molar-refractivity contribution >= 4 is 23.2 Å². The second-order valence-electron chi connectivity index (χ2n) is 4.13. The third-order valence-corrected chi connectivity index (χ3v) is 3.74. The largest absolute Gasteiger partial charge is 0.317 e. The van der Waals surface area contributed by atoms with Crippen LogP contribution in [0.15, 0.2) is 12.1 Å². The Balaban J connectivity index is 2.33. The molecular weight excluding hydrogens is 229 g/mol. The molecular formula is C12H15Cl2N. The lowest BCUT2D eigenvalue weighted by molar-refractivity contribution is 0.459. The number of hydrogen-bond donors (Lipinski definition) is 1. The number of benzene rings is 1. The summed E-state index contributed by atoms with van der Waals surface area (Å²) in [4.78, 5) is 0. The molecule has 1 saturated heterocycles. The van der Waals surface area contributed by atoms with E-state index in [1.165, 1.54) is 24.0 Å². The van der Waals surface area contributed by atoms with Crippen LogP contribution in [-0.2, 0) is 0 Å². The minimum absolute atomic E-state index is 0.613. The summed E-state index contributed by atoms with van der Waals surface area (Å²) in [6, 6.07) is 3.89. The molecule has 0 bridgehead atoms. The molecule has 1 aromatic carbocycles. The average molecular weight is 244 g/mol. The van der Waals surface area contributed by atoms with Crippen molar-refractivity contribution < 1.29 is 0 Å². The fourth-order valence-electron chi connectivity index (χ4n) is 2.22. The van der Waals surface area contributed by atoms with Crippen LogP contribution >= 0.6 is 23.2 Å². The maximum absolute atomic E-state index is 6.14. The van der Waals surface area contributed by atoms with Crippen molar-refractivity contribution in [3.63, 3.8) is 0 Å². The molecule has 1 aliphatic rings. The molecule has 15 heavy (non-hydrogen) atoms. The molecule has 1 aromatic rings. The highest BCUT2D eigenvalue weighted by Crippen LogP contribution is 2.33. The van der Waals surface area contributed by atoms with E-state index >= 15 is 0 Å². The molecule has 0 amide bonds. The molecule has 0 saturated carbocycles. The molecule has 1 aliphatic heterocycles. The predicted octanol–water partition coefficient (Wildman–Crippen LogP) is 3.77. The molecule has 0 atom stereocenters. The second kappa shape index (κ2) is 4.73. The Morgan fingerprint density at radius 1 is 1.20 bits per heavy atom. The second-order valence-corrected chi connectivity index (χ2v) is 4.97. The van der Waals surface area contributed by atoms with Crippen molar-refractivity contribution in [2.75, 3.05) is 13.1 Å². The third kappa shape index (κ3) is 2.47. The normalized spacial score (nSPS) is 18.1. The Kier molecular flexibility index (Phi) is 3.55. The maximum Gasteiger partial charge on any atom is 0.0452 e. The summed E-state index contributed by atoms with van der Waals surface area (Å²) in [5.74, 6) is 0.613. The summed E-state index contributed by atoms with van der Waals surface area (Å²) in [7, 11) is 0. The van der Waals surface area contributed by atoms with Crippen LogP contribution < -0.4 is 5.32 Å². The monoisotopic (exact) mass is 243 g/mol. The van der Waals surface area contributed by atoms with Crippen LogP contribution in [-0.4, -0.2) is 13.1 Å². The fraction of sp³-hybridized carbons (Fsp3) is 0.500. The first-order chi connectivity index (χ1) is 7.18. The lowest BCUT2D eigenvalue weighted by Gasteiger charge is -2.25. The van der Waals surface area contributed by atoms with Crippen molar-refractivity contribution in [3.8, 4) is 0 Å². The average Bonchev–Trinajstić information content (AvgIpc) is 2.24. The summed E-state index contributed by atoms with van der Waals surface area (Å²) in [6.07, 6.45) is 2.36. The number of hydrogen-bond acceptors (Lipinski definition) is 1. The van der Waals surface area contributed by atoms with Gasteiger partial charge in [-0.3, -0.25) is 0 Å². The molecule has 3 heteroatoms. The van der Waals surface area contributed by atoms with Gasteiger partial charge in [-0.05, 0) is 62.0 Å². The Hall–Kier alpha value is -0.240. The van der Waals surface area contributed by atoms with E-state index in [-0.39, 0.29) is 0 Å². The zero-order chi connectivity index (χ0) is 10.8. The first-order valence-corrected chi connectivity index (χ1v) is 6.10. The Morgan fingerprint density at radius 2 is 1.87 bits per heavy atom. The Labute approximate surface area is 101 Å². The van der Waals surface area contributed by atoms with Gasteiger partial charge in [0.05, 0.1) is 0 Å². The molecule has 1 heterocycles. The van der Waals surface area contributed by atoms with E-state index < -0.39 is 0 Å². The molecule has 1 N–H and O–H groups in total. The summed E-state index contributed by atoms with van der Waals surface area (Å²) in [5, 5.41) is 4.90. The SMILES string of the molecule is Cc1c(Cl)cc(Cl)cc1C1CCNCC1. The first kappa shape index (κ1) is 11.3. The number of halogens is 2. The van der Waals surface area contributed by atoms with Gasteiger partial charge in [-0.1, -0.05) is 23.2 Å². The van der Waals surface area contributed by atoms with Crippen molar-refractivity contribution in [1.29, 1.82) is 0 Å². The van der Waals surface area contributed by atoms with E-state index in [2.05, 4.69) is 18.3 Å². The highest BCUT2D eigenvalue weighted by Gasteiger charge is 2.18. The predicted molar refractivity (Wildman–Crippen MR) is 66.0 cm³/mol. The van der Waals surface area contributed by atoms with Gasteiger partial charge in [0.1, 0.15) is 0 Å². The van der Waals surface area contributed by atoms with E-state index in [1.807, 2.05) is 6.07 Å². The molecule has 0 aromatic heterocycles. The van der Waals surface area contributed by atoms with Gasteiger partial charge in [0.15, 0.2) is 0 Å². The van der Waals surface area contributed by atoms with Gasteiger partial charge in [-0.15, -0.1) is 0 Å². The van der Waals surface area contributed by atoms with Crippen LogP contribution in [0.3, 0.4) is 0 Å². The Morgan fingerprint density at radius 3 is 2.53 bits per heavy atom. The molecule has 0 spiro atoms. The summed E-state index contributed by atoms with van der Waals surface area (Å²) < 4.78 is 0. The van der Waals surface area contributed by atoms with Gasteiger partial charge < -0.3 is 5.32 Å². The van der Waals surface area contributed by atoms with Crippen LogP contribution in [0.5, 0.6) is 0 Å². The quantitative estimate of drug-likeness (QED) is 0.792. The summed E-state index contributed by atoms with van der Waals surface area (Å²) in [6.45, 7) is 4.26. The van der Waals surface area contributed by atoms with Crippen molar-refractivity contribution in [2.45, 2.75) is 25.7 Å². The van der Waals surface area contributed by atoms with Crippen LogP contribution in [0.25, 0.3) is 0 Å². The molecule has 0 unspecified atom stereocenters. The van der Waals surface area contributed by atoms with Crippen molar-refractivity contribution in [1.82, 2.24) is 5.32 Å². The number of rotatable bonds is 1. The minimum atomic E-state index is 0.613. The van der Waals surface area contributed by atoms with E-state index in [9.17, 15) is 0 Å². The van der Waals surface area contributed by atoms with E-state index in [0.717, 1.165) is 23.1 Å². The van der Waals surface area contributed by atoms with Gasteiger partial charge in [-0.25, -0.2) is 0 Å². The first-order valence-electron chi connectivity index (χ1n) is 5.34. The van der Waals surface area contributed by atoms with E-state index in [1.54, 1.807) is 0 Å². The highest BCUT2D eigenvalue weighted by molar-refractivity contribution is 6.35. The standard InChI is InChI=1S/C12H15Cl2N/c1-8-11(6-10(13)7-12(8)14)9-2-4-15-5-3-9/h6-7,9,15H,2-5H2,1H3. The fourth-order valence-corrected chi connectivity index (χ4v) is 2.73. The molecule has 0 aliphatic carbocycles. The van der Waals surface area contributed by atoms with Gasteiger partial charge in [-0.2, -0.15) is 0 Å². The van der Waals surface area contributed by atoms with Crippen LogP contribution in [0.2, 0.25) is 10.0 Å². The van der Waals surface area contributed by atoms with Gasteiger partial charge in [0.2, 0.25) is 0 Å². The van der Waals surface area contributed by atoms with Crippen LogP contribution in [0.4, 0.5) is 0 Å². The zero-order valence-corrected chi connectivity index (χ0v) is 10.3. The van der Waals surface area contributed by atoms with Gasteiger partial charge >= 0.3 is 0 Å². The topological polar surface area (TPSA) is 12.0 Å². The van der Waals surface area contributed by atoms with Gasteiger partial charge in [0.25, 0.3) is 0 Å². The van der Waals surface area contributed by atoms with Crippen molar-refractivity contribution in [3.05, 3.63) is 33.3 Å². The summed E-state index contributed by atoms with van der Waals surface area (Å²) in [5.41, 5.74) is 2.52. The summed E-state index contributed by atoms with van der Waals surface area (Å²) >= 11 is 12.2. The van der Waals surface area contributed by atoms with E-state index in [4.69, 9.17) is 23.2 Å². The minimum Gasteiger partial charge on any atom is -0.317 e. The third-order valence-electron chi connectivity index (χ3n) is 3.13. The van der Waals surface area contributed by atoms with E-state index in [0.29, 0.717) is 5.92 Å². The lowest BCUT2D eigenvalue weighted by atomic mass is 9.87. The smallest absolute Gasteiger partial charge is 0.0452 e. The van der Waals surface area contributed by atoms with Crippen LogP contribution in [0.1, 0.15) is 29.9 Å². The van der Waals surface area contributed by atoms with Gasteiger partial charge in [0, 0.05) is 10.0 Å². The zero-order valence-electron chi connectivity index (χ0n) is 8.82. The Bertz CT molecular complexity index is 357. The number of piperidine rings is 1.